The van der Waals surface area contributed by atoms with Crippen LogP contribution in [0.3, 0.4) is 0 Å². The van der Waals surface area contributed by atoms with Crippen LogP contribution >= 0.6 is 11.6 Å². The third-order valence-corrected chi connectivity index (χ3v) is 5.72. The number of benzene rings is 3. The van der Waals surface area contributed by atoms with Gasteiger partial charge in [0.25, 0.3) is 0 Å². The highest BCUT2D eigenvalue weighted by Crippen LogP contribution is 2.32. The zero-order valence-electron chi connectivity index (χ0n) is 22.7. The Kier molecular flexibility index (Phi) is 11.0. The number of carbonyl (C=O) groups excluding carboxylic acids is 2. The summed E-state index contributed by atoms with van der Waals surface area (Å²) in [5.41, 5.74) is 1.20. The Morgan fingerprint density at radius 1 is 0.923 bits per heavy atom. The SMILES string of the molecule is COc1ccc(Oc2ccc(CNC(=O)[C@H](CCOCc3ccccc3)NC(=O)OC(C)(C)C)cc2)c(Cl)c1. The van der Waals surface area contributed by atoms with E-state index in [2.05, 4.69) is 10.6 Å². The van der Waals surface area contributed by atoms with Crippen molar-refractivity contribution in [2.45, 2.75) is 52.0 Å². The maximum atomic E-state index is 13.0. The number of methoxy groups -OCH3 is 1. The summed E-state index contributed by atoms with van der Waals surface area (Å²) >= 11 is 6.25. The van der Waals surface area contributed by atoms with Crippen LogP contribution in [0, 0.1) is 0 Å². The van der Waals surface area contributed by atoms with Crippen molar-refractivity contribution >= 4 is 23.6 Å². The fraction of sp³-hybridized carbons (Fsp3) is 0.333. The van der Waals surface area contributed by atoms with Gasteiger partial charge in [0.15, 0.2) is 0 Å². The first-order valence-corrected chi connectivity index (χ1v) is 13.0. The summed E-state index contributed by atoms with van der Waals surface area (Å²) in [5.74, 6) is 1.40. The molecule has 3 aromatic rings. The van der Waals surface area contributed by atoms with E-state index in [1.165, 1.54) is 0 Å². The molecule has 0 aromatic heterocycles. The van der Waals surface area contributed by atoms with Gasteiger partial charge < -0.3 is 29.6 Å². The number of alkyl carbamates (subject to hydrolysis) is 1. The number of halogens is 1. The van der Waals surface area contributed by atoms with Crippen LogP contribution in [0.25, 0.3) is 0 Å². The third-order valence-electron chi connectivity index (χ3n) is 5.43. The Hall–Kier alpha value is -3.75. The van der Waals surface area contributed by atoms with Crippen molar-refractivity contribution in [3.63, 3.8) is 0 Å². The van der Waals surface area contributed by atoms with Crippen LogP contribution in [0.1, 0.15) is 38.3 Å². The molecule has 0 radical (unpaired) electrons. The molecule has 0 aliphatic carbocycles. The van der Waals surface area contributed by atoms with Crippen LogP contribution in [0.4, 0.5) is 4.79 Å². The molecule has 0 aliphatic rings. The fourth-order valence-corrected chi connectivity index (χ4v) is 3.70. The van der Waals surface area contributed by atoms with Crippen molar-refractivity contribution in [2.24, 2.45) is 0 Å². The average molecular weight is 555 g/mol. The second-order valence-electron chi connectivity index (χ2n) is 9.79. The Labute approximate surface area is 234 Å². The quantitative estimate of drug-likeness (QED) is 0.257. The van der Waals surface area contributed by atoms with Crippen LogP contribution in [0.2, 0.25) is 5.02 Å². The maximum absolute atomic E-state index is 13.0. The van der Waals surface area contributed by atoms with Crippen LogP contribution in [0.15, 0.2) is 72.8 Å². The zero-order chi connectivity index (χ0) is 28.3. The first-order chi connectivity index (χ1) is 18.6. The minimum absolute atomic E-state index is 0.264. The molecule has 0 spiro atoms. The van der Waals surface area contributed by atoms with Gasteiger partial charge in [-0.15, -0.1) is 0 Å². The van der Waals surface area contributed by atoms with Crippen molar-refractivity contribution in [1.82, 2.24) is 10.6 Å². The summed E-state index contributed by atoms with van der Waals surface area (Å²) in [6.07, 6.45) is -0.378. The molecule has 0 aliphatic heterocycles. The number of carbonyl (C=O) groups is 2. The van der Waals surface area contributed by atoms with Crippen molar-refractivity contribution in [2.75, 3.05) is 13.7 Å². The summed E-state index contributed by atoms with van der Waals surface area (Å²) in [5, 5.41) is 5.97. The van der Waals surface area contributed by atoms with Gasteiger partial charge in [0.05, 0.1) is 18.7 Å². The van der Waals surface area contributed by atoms with E-state index >= 15 is 0 Å². The molecule has 9 heteroatoms. The van der Waals surface area contributed by atoms with Crippen molar-refractivity contribution in [3.8, 4) is 17.2 Å². The molecule has 3 aromatic carbocycles. The van der Waals surface area contributed by atoms with Gasteiger partial charge in [0, 0.05) is 25.6 Å². The number of hydrogen-bond donors (Lipinski definition) is 2. The normalized spacial score (nSPS) is 11.8. The lowest BCUT2D eigenvalue weighted by atomic mass is 10.1. The maximum Gasteiger partial charge on any atom is 0.408 e. The molecule has 8 nitrogen and oxygen atoms in total. The van der Waals surface area contributed by atoms with Crippen LogP contribution in [0.5, 0.6) is 17.2 Å². The molecular weight excluding hydrogens is 520 g/mol. The zero-order valence-corrected chi connectivity index (χ0v) is 23.4. The minimum atomic E-state index is -0.824. The lowest BCUT2D eigenvalue weighted by molar-refractivity contribution is -0.123. The highest BCUT2D eigenvalue weighted by atomic mass is 35.5. The Morgan fingerprint density at radius 3 is 2.26 bits per heavy atom. The lowest BCUT2D eigenvalue weighted by Crippen LogP contribution is -2.48. The molecule has 208 valence electrons. The second-order valence-corrected chi connectivity index (χ2v) is 10.2. The molecule has 3 rings (SSSR count). The first-order valence-electron chi connectivity index (χ1n) is 12.6. The van der Waals surface area contributed by atoms with Gasteiger partial charge in [0.1, 0.15) is 28.9 Å². The van der Waals surface area contributed by atoms with Crippen LogP contribution in [-0.4, -0.2) is 37.4 Å². The summed E-state index contributed by atoms with van der Waals surface area (Å²) < 4.78 is 22.1. The van der Waals surface area contributed by atoms with Gasteiger partial charge in [0.2, 0.25) is 5.91 Å². The number of hydrogen-bond acceptors (Lipinski definition) is 6. The standard InChI is InChI=1S/C30H35ClN2O6/c1-30(2,3)39-29(35)33-26(16-17-37-20-22-8-6-5-7-9-22)28(34)32-19-21-10-12-23(13-11-21)38-27-15-14-24(36-4)18-25(27)31/h5-15,18,26H,16-17,19-20H2,1-4H3,(H,32,34)(H,33,35)/t26-/m0/s1. The summed E-state index contributed by atoms with van der Waals surface area (Å²) in [4.78, 5) is 25.4. The van der Waals surface area contributed by atoms with Gasteiger partial charge >= 0.3 is 6.09 Å². The fourth-order valence-electron chi connectivity index (χ4n) is 3.49. The van der Waals surface area contributed by atoms with E-state index in [9.17, 15) is 9.59 Å². The predicted molar refractivity (Wildman–Crippen MR) is 150 cm³/mol. The van der Waals surface area contributed by atoms with Gasteiger partial charge in [-0.3, -0.25) is 4.79 Å². The van der Waals surface area contributed by atoms with E-state index in [0.29, 0.717) is 28.9 Å². The molecule has 0 saturated heterocycles. The molecule has 1 atom stereocenters. The van der Waals surface area contributed by atoms with E-state index < -0.39 is 17.7 Å². The van der Waals surface area contributed by atoms with Gasteiger partial charge in [-0.2, -0.15) is 0 Å². The van der Waals surface area contributed by atoms with E-state index in [1.54, 1.807) is 58.2 Å². The van der Waals surface area contributed by atoms with Crippen molar-refractivity contribution < 1.29 is 28.5 Å². The Morgan fingerprint density at radius 2 is 1.62 bits per heavy atom. The summed E-state index contributed by atoms with van der Waals surface area (Å²) in [7, 11) is 1.57. The molecular formula is C30H35ClN2O6. The van der Waals surface area contributed by atoms with Crippen molar-refractivity contribution in [3.05, 3.63) is 88.9 Å². The molecule has 39 heavy (non-hydrogen) atoms. The molecule has 0 unspecified atom stereocenters. The molecule has 0 heterocycles. The summed E-state index contributed by atoms with van der Waals surface area (Å²) in [6, 6.07) is 21.3. The lowest BCUT2D eigenvalue weighted by Gasteiger charge is -2.23. The van der Waals surface area contributed by atoms with Crippen LogP contribution < -0.4 is 20.1 Å². The first kappa shape index (κ1) is 29.8. The Balaban J connectivity index is 1.54. The number of amides is 2. The average Bonchev–Trinajstić information content (AvgIpc) is 2.90. The monoisotopic (exact) mass is 554 g/mol. The smallest absolute Gasteiger partial charge is 0.408 e. The van der Waals surface area contributed by atoms with E-state index in [-0.39, 0.29) is 25.5 Å². The molecule has 0 bridgehead atoms. The number of nitrogens with one attached hydrogen (secondary N) is 2. The molecule has 0 fully saturated rings. The van der Waals surface area contributed by atoms with E-state index in [0.717, 1.165) is 11.1 Å². The second kappa shape index (κ2) is 14.4. The van der Waals surface area contributed by atoms with E-state index in [1.807, 2.05) is 42.5 Å². The third kappa shape index (κ3) is 10.5. The van der Waals surface area contributed by atoms with Gasteiger partial charge in [-0.25, -0.2) is 4.79 Å². The topological polar surface area (TPSA) is 95.1 Å². The summed E-state index contributed by atoms with van der Waals surface area (Å²) in [6.45, 7) is 6.25. The predicted octanol–water partition coefficient (Wildman–Crippen LogP) is 6.26. The van der Waals surface area contributed by atoms with Crippen molar-refractivity contribution in [1.29, 1.82) is 0 Å². The molecule has 0 saturated carbocycles. The molecule has 2 amide bonds. The van der Waals surface area contributed by atoms with E-state index in [4.69, 9.17) is 30.5 Å². The van der Waals surface area contributed by atoms with Gasteiger partial charge in [-0.05, 0) is 56.2 Å². The van der Waals surface area contributed by atoms with Crippen LogP contribution in [-0.2, 0) is 27.4 Å². The van der Waals surface area contributed by atoms with Gasteiger partial charge in [-0.1, -0.05) is 54.1 Å². The number of rotatable bonds is 12. The highest BCUT2D eigenvalue weighted by molar-refractivity contribution is 6.32. The largest absolute Gasteiger partial charge is 0.497 e. The highest BCUT2D eigenvalue weighted by Gasteiger charge is 2.24. The molecule has 2 N–H and O–H groups in total. The minimum Gasteiger partial charge on any atom is -0.497 e. The Bertz CT molecular complexity index is 1210. The number of ether oxygens (including phenoxy) is 4.